The number of piperidine rings is 1. The van der Waals surface area contributed by atoms with Gasteiger partial charge in [0.1, 0.15) is 10.7 Å². The van der Waals surface area contributed by atoms with E-state index >= 15 is 0 Å². The highest BCUT2D eigenvalue weighted by molar-refractivity contribution is 7.18. The maximum absolute atomic E-state index is 12.7. The van der Waals surface area contributed by atoms with Crippen LogP contribution in [-0.4, -0.2) is 40.5 Å². The van der Waals surface area contributed by atoms with E-state index in [0.29, 0.717) is 31.4 Å². The predicted octanol–water partition coefficient (Wildman–Crippen LogP) is 2.88. The van der Waals surface area contributed by atoms with Gasteiger partial charge in [-0.3, -0.25) is 14.5 Å². The molecule has 2 aromatic heterocycles. The van der Waals surface area contributed by atoms with E-state index in [9.17, 15) is 9.59 Å². The van der Waals surface area contributed by atoms with Crippen LogP contribution in [0.5, 0.6) is 0 Å². The average molecular weight is 390 g/mol. The van der Waals surface area contributed by atoms with Crippen LogP contribution in [0.2, 0.25) is 0 Å². The first kappa shape index (κ1) is 18.6. The molecule has 1 N–H and O–H groups in total. The molecule has 1 fully saturated rings. The van der Waals surface area contributed by atoms with Crippen LogP contribution in [0.25, 0.3) is 10.2 Å². The van der Waals surface area contributed by atoms with Crippen molar-refractivity contribution in [2.45, 2.75) is 52.5 Å². The van der Waals surface area contributed by atoms with Crippen LogP contribution >= 0.6 is 11.3 Å². The minimum absolute atomic E-state index is 0.0130. The molecule has 0 saturated carbocycles. The molecule has 0 amide bonds. The Kier molecular flexibility index (Phi) is 5.32. The number of aryl methyl sites for hydroxylation is 1. The van der Waals surface area contributed by atoms with Gasteiger partial charge in [-0.25, -0.2) is 4.98 Å². The summed E-state index contributed by atoms with van der Waals surface area (Å²) in [6.45, 7) is 6.67. The van der Waals surface area contributed by atoms with Crippen molar-refractivity contribution in [1.82, 2.24) is 14.9 Å². The van der Waals surface area contributed by atoms with E-state index in [2.05, 4.69) is 16.8 Å². The van der Waals surface area contributed by atoms with Crippen molar-refractivity contribution in [1.29, 1.82) is 0 Å². The minimum Gasteiger partial charge on any atom is -0.466 e. The number of H-pyrrole nitrogens is 1. The quantitative estimate of drug-likeness (QED) is 0.814. The monoisotopic (exact) mass is 389 g/mol. The van der Waals surface area contributed by atoms with Crippen molar-refractivity contribution in [3.63, 3.8) is 0 Å². The minimum atomic E-state index is -0.112. The maximum Gasteiger partial charge on any atom is 0.310 e. The smallest absolute Gasteiger partial charge is 0.310 e. The summed E-state index contributed by atoms with van der Waals surface area (Å²) in [5.41, 5.74) is 1.20. The van der Waals surface area contributed by atoms with Gasteiger partial charge in [0.15, 0.2) is 0 Å². The second-order valence-electron chi connectivity index (χ2n) is 7.87. The van der Waals surface area contributed by atoms with E-state index in [1.807, 2.05) is 6.92 Å². The number of esters is 1. The molecule has 4 rings (SSSR count). The van der Waals surface area contributed by atoms with Gasteiger partial charge >= 0.3 is 5.97 Å². The normalized spacial score (nSPS) is 23.3. The van der Waals surface area contributed by atoms with E-state index in [4.69, 9.17) is 9.72 Å². The summed E-state index contributed by atoms with van der Waals surface area (Å²) in [6.07, 6.45) is 5.00. The van der Waals surface area contributed by atoms with E-state index in [0.717, 1.165) is 48.9 Å². The van der Waals surface area contributed by atoms with Gasteiger partial charge in [0, 0.05) is 11.4 Å². The number of ether oxygens (including phenoxy) is 1. The van der Waals surface area contributed by atoms with Crippen molar-refractivity contribution in [3.05, 3.63) is 26.6 Å². The molecule has 27 heavy (non-hydrogen) atoms. The molecule has 0 spiro atoms. The fourth-order valence-corrected chi connectivity index (χ4v) is 5.73. The van der Waals surface area contributed by atoms with E-state index in [1.165, 1.54) is 10.4 Å². The molecule has 0 radical (unpaired) electrons. The average Bonchev–Trinajstić information content (AvgIpc) is 2.99. The zero-order valence-electron chi connectivity index (χ0n) is 16.0. The fraction of sp³-hybridized carbons (Fsp3) is 0.650. The number of nitrogens with zero attached hydrogens (tertiary/aromatic N) is 2. The van der Waals surface area contributed by atoms with Crippen LogP contribution in [-0.2, 0) is 28.9 Å². The molecular formula is C20H27N3O3S. The van der Waals surface area contributed by atoms with Crippen LogP contribution < -0.4 is 5.56 Å². The lowest BCUT2D eigenvalue weighted by molar-refractivity contribution is -0.150. The fourth-order valence-electron chi connectivity index (χ4n) is 4.33. The van der Waals surface area contributed by atoms with Crippen molar-refractivity contribution in [2.75, 3.05) is 19.7 Å². The number of thiophene rings is 1. The van der Waals surface area contributed by atoms with Gasteiger partial charge in [0.25, 0.3) is 5.56 Å². The number of fused-ring (bicyclic) bond motifs is 3. The van der Waals surface area contributed by atoms with Gasteiger partial charge in [0.05, 0.1) is 24.5 Å². The Morgan fingerprint density at radius 2 is 2.26 bits per heavy atom. The Balaban J connectivity index is 1.54. The van der Waals surface area contributed by atoms with Crippen LogP contribution in [0.3, 0.4) is 0 Å². The molecule has 1 aliphatic carbocycles. The Bertz CT molecular complexity index is 904. The molecule has 7 heteroatoms. The second kappa shape index (κ2) is 7.72. The third kappa shape index (κ3) is 3.80. The highest BCUT2D eigenvalue weighted by atomic mass is 32.1. The summed E-state index contributed by atoms with van der Waals surface area (Å²) in [4.78, 5) is 36.9. The molecule has 2 aromatic rings. The maximum atomic E-state index is 12.7. The highest BCUT2D eigenvalue weighted by Gasteiger charge is 2.28. The lowest BCUT2D eigenvalue weighted by Gasteiger charge is -2.30. The van der Waals surface area contributed by atoms with Crippen LogP contribution in [0.4, 0.5) is 0 Å². The van der Waals surface area contributed by atoms with E-state index in [-0.39, 0.29) is 17.4 Å². The van der Waals surface area contributed by atoms with E-state index < -0.39 is 0 Å². The zero-order valence-corrected chi connectivity index (χ0v) is 16.9. The lowest BCUT2D eigenvalue weighted by atomic mass is 9.89. The Hall–Kier alpha value is -1.73. The molecule has 0 unspecified atom stereocenters. The largest absolute Gasteiger partial charge is 0.466 e. The summed E-state index contributed by atoms with van der Waals surface area (Å²) in [6, 6.07) is 0. The lowest BCUT2D eigenvalue weighted by Crippen LogP contribution is -2.39. The molecule has 3 heterocycles. The summed E-state index contributed by atoms with van der Waals surface area (Å²) < 4.78 is 5.17. The predicted molar refractivity (Wildman–Crippen MR) is 106 cm³/mol. The van der Waals surface area contributed by atoms with Crippen molar-refractivity contribution < 1.29 is 9.53 Å². The number of aromatic nitrogens is 2. The first-order valence-electron chi connectivity index (χ1n) is 9.97. The standard InChI is InChI=1S/C20H27N3O3S/c1-3-26-20(25)13-5-4-8-23(10-13)11-16-21-18(24)17-14-7-6-12(2)9-15(14)27-19(17)22-16/h12-13H,3-11H2,1-2H3,(H,21,22,24)/t12-,13-/m1/s1. The number of hydrogen-bond acceptors (Lipinski definition) is 6. The first-order valence-corrected chi connectivity index (χ1v) is 10.8. The van der Waals surface area contributed by atoms with Crippen LogP contribution in [0.1, 0.15) is 49.4 Å². The van der Waals surface area contributed by atoms with Gasteiger partial charge < -0.3 is 9.72 Å². The topological polar surface area (TPSA) is 75.3 Å². The molecule has 1 aliphatic heterocycles. The number of aromatic amines is 1. The third-order valence-electron chi connectivity index (χ3n) is 5.71. The van der Waals surface area contributed by atoms with Gasteiger partial charge in [-0.2, -0.15) is 0 Å². The molecule has 0 aromatic carbocycles. The van der Waals surface area contributed by atoms with Gasteiger partial charge in [-0.15, -0.1) is 11.3 Å². The summed E-state index contributed by atoms with van der Waals surface area (Å²) in [7, 11) is 0. The molecule has 1 saturated heterocycles. The van der Waals surface area contributed by atoms with Crippen molar-refractivity contribution in [3.8, 4) is 0 Å². The number of likely N-dealkylation sites (tertiary alicyclic amines) is 1. The third-order valence-corrected chi connectivity index (χ3v) is 6.86. The zero-order chi connectivity index (χ0) is 19.0. The van der Waals surface area contributed by atoms with Crippen LogP contribution in [0, 0.1) is 11.8 Å². The molecule has 2 aliphatic rings. The number of hydrogen-bond donors (Lipinski definition) is 1. The van der Waals surface area contributed by atoms with Crippen LogP contribution in [0.15, 0.2) is 4.79 Å². The first-order chi connectivity index (χ1) is 13.0. The highest BCUT2D eigenvalue weighted by Crippen LogP contribution is 2.35. The summed E-state index contributed by atoms with van der Waals surface area (Å²) >= 11 is 1.68. The molecule has 6 nitrogen and oxygen atoms in total. The SMILES string of the molecule is CCOC(=O)[C@@H]1CCCN(Cc2nc3sc4c(c3c(=O)[nH]2)CC[C@@H](C)C4)C1. The summed E-state index contributed by atoms with van der Waals surface area (Å²) in [5, 5.41) is 0.800. The second-order valence-corrected chi connectivity index (χ2v) is 8.95. The van der Waals surface area contributed by atoms with Crippen molar-refractivity contribution >= 4 is 27.5 Å². The van der Waals surface area contributed by atoms with E-state index in [1.54, 1.807) is 11.3 Å². The van der Waals surface area contributed by atoms with Gasteiger partial charge in [-0.1, -0.05) is 6.92 Å². The Morgan fingerprint density at radius 3 is 3.07 bits per heavy atom. The number of carbonyl (C=O) groups is 1. The molecule has 2 atom stereocenters. The van der Waals surface area contributed by atoms with Crippen molar-refractivity contribution in [2.24, 2.45) is 11.8 Å². The Morgan fingerprint density at radius 1 is 1.41 bits per heavy atom. The molecular weight excluding hydrogens is 362 g/mol. The molecule has 0 bridgehead atoms. The molecule has 146 valence electrons. The number of nitrogens with one attached hydrogen (secondary N) is 1. The summed E-state index contributed by atoms with van der Waals surface area (Å²) in [5.74, 6) is 1.18. The van der Waals surface area contributed by atoms with Gasteiger partial charge in [-0.05, 0) is 57.1 Å². The van der Waals surface area contributed by atoms with Gasteiger partial charge in [0.2, 0.25) is 0 Å². The number of rotatable bonds is 4. The Labute approximate surface area is 162 Å². The number of carbonyl (C=O) groups excluding carboxylic acids is 1.